The zero-order valence-electron chi connectivity index (χ0n) is 25.6. The van der Waals surface area contributed by atoms with Crippen molar-refractivity contribution in [2.75, 3.05) is 106 Å². The van der Waals surface area contributed by atoms with Gasteiger partial charge in [0, 0.05) is 18.6 Å². The van der Waals surface area contributed by atoms with Gasteiger partial charge in [0.2, 0.25) is 0 Å². The van der Waals surface area contributed by atoms with E-state index in [4.69, 9.17) is 37.9 Å². The molecule has 0 aliphatic carbocycles. The zero-order valence-corrected chi connectivity index (χ0v) is 25.6. The molecule has 0 saturated carbocycles. The van der Waals surface area contributed by atoms with Crippen LogP contribution < -0.4 is 0 Å². The number of hydrogen-bond acceptors (Lipinski definition) is 11. The van der Waals surface area contributed by atoms with E-state index in [0.717, 1.165) is 17.7 Å². The Hall–Kier alpha value is -1.93. The number of hydrogen-bond donors (Lipinski definition) is 0. The van der Waals surface area contributed by atoms with E-state index in [9.17, 15) is 14.4 Å². The molecule has 2 amide bonds. The van der Waals surface area contributed by atoms with Crippen LogP contribution in [-0.2, 0) is 52.3 Å². The minimum absolute atomic E-state index is 0.148. The lowest BCUT2D eigenvalue weighted by Crippen LogP contribution is -2.33. The third kappa shape index (κ3) is 23.6. The number of imide groups is 1. The lowest BCUT2D eigenvalue weighted by atomic mass is 10.1. The Bertz CT molecular complexity index is 687. The van der Waals surface area contributed by atoms with Gasteiger partial charge in [-0.25, -0.2) is 0 Å². The molecule has 0 bridgehead atoms. The summed E-state index contributed by atoms with van der Waals surface area (Å²) in [7, 11) is 0. The molecule has 12 heteroatoms. The predicted octanol–water partition coefficient (Wildman–Crippen LogP) is 2.71. The lowest BCUT2D eigenvalue weighted by molar-refractivity contribution is -0.145. The number of unbranched alkanes of at least 4 members (excludes halogenated alkanes) is 6. The molecule has 1 heterocycles. The normalized spacial score (nSPS) is 13.0. The largest absolute Gasteiger partial charge is 0.463 e. The summed E-state index contributed by atoms with van der Waals surface area (Å²) in [4.78, 5) is 35.6. The smallest absolute Gasteiger partial charge is 0.305 e. The Kier molecular flexibility index (Phi) is 26.4. The van der Waals surface area contributed by atoms with Crippen molar-refractivity contribution in [3.63, 3.8) is 0 Å². The third-order valence-corrected chi connectivity index (χ3v) is 6.07. The van der Waals surface area contributed by atoms with Gasteiger partial charge in [0.05, 0.1) is 99.0 Å². The summed E-state index contributed by atoms with van der Waals surface area (Å²) in [6, 6.07) is 0. The van der Waals surface area contributed by atoms with Crippen molar-refractivity contribution < 1.29 is 52.3 Å². The van der Waals surface area contributed by atoms with E-state index in [2.05, 4.69) is 6.92 Å². The van der Waals surface area contributed by atoms with Crippen molar-refractivity contribution in [3.8, 4) is 0 Å². The van der Waals surface area contributed by atoms with Gasteiger partial charge in [-0.2, -0.15) is 0 Å². The topological polar surface area (TPSA) is 128 Å². The van der Waals surface area contributed by atoms with Crippen molar-refractivity contribution in [2.45, 2.75) is 58.3 Å². The third-order valence-electron chi connectivity index (χ3n) is 6.07. The van der Waals surface area contributed by atoms with Crippen LogP contribution in [-0.4, -0.2) is 128 Å². The number of ether oxygens (including phenoxy) is 8. The first-order valence-electron chi connectivity index (χ1n) is 15.4. The van der Waals surface area contributed by atoms with E-state index in [0.29, 0.717) is 92.3 Å². The fourth-order valence-electron chi connectivity index (χ4n) is 3.74. The molecule has 0 aromatic rings. The summed E-state index contributed by atoms with van der Waals surface area (Å²) < 4.78 is 43.1. The second kappa shape index (κ2) is 29.2. The molecule has 0 spiro atoms. The molecule has 1 aliphatic rings. The molecule has 0 fully saturated rings. The number of rotatable bonds is 32. The van der Waals surface area contributed by atoms with Crippen LogP contribution in [0.2, 0.25) is 0 Å². The second-order valence-electron chi connectivity index (χ2n) is 9.54. The molecule has 1 aliphatic heterocycles. The Morgan fingerprint density at radius 2 is 0.881 bits per heavy atom. The fraction of sp³-hybridized carbons (Fsp3) is 0.833. The van der Waals surface area contributed by atoms with E-state index in [1.165, 1.54) is 44.3 Å². The zero-order chi connectivity index (χ0) is 30.4. The number of carbonyl (C=O) groups is 3. The molecule has 42 heavy (non-hydrogen) atoms. The standard InChI is InChI=1S/C30H53NO11/c1-2-3-4-5-6-7-8-9-30(34)42-27-26-41-25-24-40-23-22-39-21-20-38-19-18-37-17-16-36-15-14-35-13-12-31-28(32)10-11-29(31)33/h10-11H,2-9,12-27H2,1H3. The van der Waals surface area contributed by atoms with Crippen molar-refractivity contribution in [2.24, 2.45) is 0 Å². The number of esters is 1. The second-order valence-corrected chi connectivity index (χ2v) is 9.54. The molecule has 0 saturated heterocycles. The summed E-state index contributed by atoms with van der Waals surface area (Å²) >= 11 is 0. The van der Waals surface area contributed by atoms with Crippen LogP contribution in [0.3, 0.4) is 0 Å². The summed E-state index contributed by atoms with van der Waals surface area (Å²) in [5, 5.41) is 0. The molecule has 0 atom stereocenters. The molecule has 12 nitrogen and oxygen atoms in total. The maximum absolute atomic E-state index is 11.7. The molecule has 0 aromatic heterocycles. The fourth-order valence-corrected chi connectivity index (χ4v) is 3.74. The molecule has 0 unspecified atom stereocenters. The highest BCUT2D eigenvalue weighted by Crippen LogP contribution is 2.08. The van der Waals surface area contributed by atoms with Gasteiger partial charge in [-0.3, -0.25) is 19.3 Å². The summed E-state index contributed by atoms with van der Waals surface area (Å²) in [5.74, 6) is -0.761. The number of amides is 2. The van der Waals surface area contributed by atoms with Gasteiger partial charge in [-0.1, -0.05) is 45.4 Å². The van der Waals surface area contributed by atoms with Gasteiger partial charge >= 0.3 is 5.97 Å². The monoisotopic (exact) mass is 603 g/mol. The quantitative estimate of drug-likeness (QED) is 0.0640. The lowest BCUT2D eigenvalue weighted by Gasteiger charge is -2.13. The average molecular weight is 604 g/mol. The first kappa shape index (κ1) is 38.1. The first-order chi connectivity index (χ1) is 20.6. The predicted molar refractivity (Wildman–Crippen MR) is 155 cm³/mol. The highest BCUT2D eigenvalue weighted by atomic mass is 16.6. The van der Waals surface area contributed by atoms with Crippen molar-refractivity contribution in [1.29, 1.82) is 0 Å². The van der Waals surface area contributed by atoms with Gasteiger partial charge < -0.3 is 37.9 Å². The van der Waals surface area contributed by atoms with E-state index in [1.54, 1.807) is 0 Å². The Morgan fingerprint density at radius 3 is 1.31 bits per heavy atom. The van der Waals surface area contributed by atoms with Crippen LogP contribution in [0.1, 0.15) is 58.3 Å². The number of nitrogens with zero attached hydrogens (tertiary/aromatic N) is 1. The van der Waals surface area contributed by atoms with Crippen LogP contribution in [0, 0.1) is 0 Å². The molecule has 0 radical (unpaired) electrons. The molecular formula is C30H53NO11. The molecule has 0 aromatic carbocycles. The van der Waals surface area contributed by atoms with Crippen molar-refractivity contribution >= 4 is 17.8 Å². The minimum Gasteiger partial charge on any atom is -0.463 e. The van der Waals surface area contributed by atoms with Gasteiger partial charge in [-0.05, 0) is 6.42 Å². The highest BCUT2D eigenvalue weighted by molar-refractivity contribution is 6.12. The van der Waals surface area contributed by atoms with Crippen LogP contribution >= 0.6 is 0 Å². The van der Waals surface area contributed by atoms with E-state index in [1.807, 2.05) is 0 Å². The van der Waals surface area contributed by atoms with Crippen molar-refractivity contribution in [3.05, 3.63) is 12.2 Å². The SMILES string of the molecule is CCCCCCCCCC(=O)OCCOCCOCCOCCOCCOCCOCCOCCN1C(=O)C=CC1=O. The van der Waals surface area contributed by atoms with Gasteiger partial charge in [0.25, 0.3) is 11.8 Å². The van der Waals surface area contributed by atoms with Crippen molar-refractivity contribution in [1.82, 2.24) is 4.90 Å². The van der Waals surface area contributed by atoms with E-state index < -0.39 is 0 Å². The van der Waals surface area contributed by atoms with Gasteiger partial charge in [0.15, 0.2) is 0 Å². The van der Waals surface area contributed by atoms with E-state index >= 15 is 0 Å². The highest BCUT2D eigenvalue weighted by Gasteiger charge is 2.22. The average Bonchev–Trinajstić information content (AvgIpc) is 3.31. The Labute approximate surface area is 251 Å². The van der Waals surface area contributed by atoms with Crippen LogP contribution in [0.4, 0.5) is 0 Å². The molecule has 0 N–H and O–H groups in total. The van der Waals surface area contributed by atoms with E-state index in [-0.39, 0.29) is 37.5 Å². The maximum Gasteiger partial charge on any atom is 0.305 e. The molecule has 244 valence electrons. The summed E-state index contributed by atoms with van der Waals surface area (Å²) in [6.07, 6.45) is 11.3. The number of carbonyl (C=O) groups excluding carboxylic acids is 3. The minimum atomic E-state index is -0.307. The summed E-state index contributed by atoms with van der Waals surface area (Å²) in [5.41, 5.74) is 0. The van der Waals surface area contributed by atoms with Crippen LogP contribution in [0.5, 0.6) is 0 Å². The van der Waals surface area contributed by atoms with Gasteiger partial charge in [-0.15, -0.1) is 0 Å². The molecular weight excluding hydrogens is 550 g/mol. The Morgan fingerprint density at radius 1 is 0.524 bits per heavy atom. The molecule has 1 rings (SSSR count). The van der Waals surface area contributed by atoms with Crippen LogP contribution in [0.25, 0.3) is 0 Å². The maximum atomic E-state index is 11.7. The summed E-state index contributed by atoms with van der Waals surface area (Å²) in [6.45, 7) is 8.80. The first-order valence-corrected chi connectivity index (χ1v) is 15.4. The Balaban J connectivity index is 1.67. The van der Waals surface area contributed by atoms with Gasteiger partial charge in [0.1, 0.15) is 6.61 Å². The van der Waals surface area contributed by atoms with Crippen LogP contribution in [0.15, 0.2) is 12.2 Å².